The fraction of sp³-hybridized carbons (Fsp3) is 0.375. The van der Waals surface area contributed by atoms with Crippen LogP contribution in [0.25, 0.3) is 10.6 Å². The van der Waals surface area contributed by atoms with Crippen LogP contribution in [0.1, 0.15) is 17.4 Å². The maximum Gasteiger partial charge on any atom is 0.270 e. The van der Waals surface area contributed by atoms with Gasteiger partial charge in [0.05, 0.1) is 0 Å². The van der Waals surface area contributed by atoms with Gasteiger partial charge in [-0.15, -0.1) is 36.2 Å². The predicted molar refractivity (Wildman–Crippen MR) is 104 cm³/mol. The van der Waals surface area contributed by atoms with Crippen LogP contribution in [0.3, 0.4) is 0 Å². The van der Waals surface area contributed by atoms with Crippen molar-refractivity contribution in [1.82, 2.24) is 15.6 Å². The van der Waals surface area contributed by atoms with E-state index in [1.807, 2.05) is 32.2 Å². The average Bonchev–Trinajstić information content (AvgIpc) is 3.09. The Bertz CT molecular complexity index is 712. The zero-order chi connectivity index (χ0) is 16.2. The molecule has 2 N–H and O–H groups in total. The molecule has 9 heteroatoms. The number of ether oxygens (including phenoxy) is 2. The van der Waals surface area contributed by atoms with Crippen molar-refractivity contribution in [2.24, 2.45) is 0 Å². The lowest BCUT2D eigenvalue weighted by Gasteiger charge is -2.18. The second-order valence-electron chi connectivity index (χ2n) is 5.30. The van der Waals surface area contributed by atoms with Gasteiger partial charge in [-0.1, -0.05) is 0 Å². The smallest absolute Gasteiger partial charge is 0.270 e. The zero-order valence-corrected chi connectivity index (χ0v) is 16.4. The van der Waals surface area contributed by atoms with E-state index in [9.17, 15) is 4.79 Å². The summed E-state index contributed by atoms with van der Waals surface area (Å²) in [5.41, 5.74) is 1.35. The topological polar surface area (TPSA) is 72.5 Å². The van der Waals surface area contributed by atoms with E-state index in [4.69, 9.17) is 9.47 Å². The van der Waals surface area contributed by atoms with E-state index in [0.717, 1.165) is 22.1 Å². The minimum Gasteiger partial charge on any atom is -0.486 e. The number of rotatable bonds is 5. The van der Waals surface area contributed by atoms with Crippen LogP contribution in [-0.2, 0) is 0 Å². The lowest BCUT2D eigenvalue weighted by atomic mass is 10.2. The molecule has 0 radical (unpaired) electrons. The number of carbonyl (C=O) groups is 1. The Kier molecular flexibility index (Phi) is 8.44. The molecule has 2 heterocycles. The molecule has 1 aliphatic heterocycles. The van der Waals surface area contributed by atoms with E-state index in [0.29, 0.717) is 25.5 Å². The SMILES string of the molecule is CNC(C)CNC(=O)c1csc(-c2ccc3c(c2)OCCO3)n1.Cl.Cl. The van der Waals surface area contributed by atoms with Crippen molar-refractivity contribution in [1.29, 1.82) is 0 Å². The van der Waals surface area contributed by atoms with Crippen molar-refractivity contribution in [3.8, 4) is 22.1 Å². The minimum absolute atomic E-state index is 0. The molecule has 1 atom stereocenters. The Morgan fingerprint density at radius 3 is 2.72 bits per heavy atom. The van der Waals surface area contributed by atoms with Gasteiger partial charge in [0, 0.05) is 23.5 Å². The summed E-state index contributed by atoms with van der Waals surface area (Å²) in [7, 11) is 1.86. The molecular weight excluding hydrogens is 385 g/mol. The van der Waals surface area contributed by atoms with Gasteiger partial charge in [-0.3, -0.25) is 4.79 Å². The number of benzene rings is 1. The fourth-order valence-electron chi connectivity index (χ4n) is 2.13. The highest BCUT2D eigenvalue weighted by molar-refractivity contribution is 7.13. The number of carbonyl (C=O) groups excluding carboxylic acids is 1. The maximum absolute atomic E-state index is 12.1. The number of nitrogens with one attached hydrogen (secondary N) is 2. The van der Waals surface area contributed by atoms with Gasteiger partial charge in [0.25, 0.3) is 5.91 Å². The molecule has 1 aliphatic rings. The van der Waals surface area contributed by atoms with Crippen LogP contribution in [0, 0.1) is 0 Å². The summed E-state index contributed by atoms with van der Waals surface area (Å²) < 4.78 is 11.1. The summed E-state index contributed by atoms with van der Waals surface area (Å²) in [6.07, 6.45) is 0. The molecule has 138 valence electrons. The van der Waals surface area contributed by atoms with Crippen LogP contribution in [-0.4, -0.2) is 43.7 Å². The largest absolute Gasteiger partial charge is 0.486 e. The van der Waals surface area contributed by atoms with Crippen LogP contribution >= 0.6 is 36.2 Å². The van der Waals surface area contributed by atoms with E-state index >= 15 is 0 Å². The number of thiazole rings is 1. The highest BCUT2D eigenvalue weighted by Gasteiger charge is 2.16. The van der Waals surface area contributed by atoms with E-state index in [1.165, 1.54) is 11.3 Å². The summed E-state index contributed by atoms with van der Waals surface area (Å²) in [5, 5.41) is 8.49. The number of hydrogen-bond acceptors (Lipinski definition) is 6. The molecule has 0 bridgehead atoms. The highest BCUT2D eigenvalue weighted by atomic mass is 35.5. The highest BCUT2D eigenvalue weighted by Crippen LogP contribution is 2.35. The molecule has 1 aromatic carbocycles. The minimum atomic E-state index is -0.160. The van der Waals surface area contributed by atoms with Crippen molar-refractivity contribution in [2.75, 3.05) is 26.8 Å². The predicted octanol–water partition coefficient (Wildman–Crippen LogP) is 2.76. The van der Waals surface area contributed by atoms with Gasteiger partial charge in [0.15, 0.2) is 11.5 Å². The fourth-order valence-corrected chi connectivity index (χ4v) is 2.92. The first-order valence-electron chi connectivity index (χ1n) is 7.48. The van der Waals surface area contributed by atoms with Crippen LogP contribution in [0.5, 0.6) is 11.5 Å². The molecule has 0 spiro atoms. The van der Waals surface area contributed by atoms with Gasteiger partial charge in [0.2, 0.25) is 0 Å². The lowest BCUT2D eigenvalue weighted by Crippen LogP contribution is -2.37. The van der Waals surface area contributed by atoms with E-state index in [-0.39, 0.29) is 36.8 Å². The number of aromatic nitrogens is 1. The van der Waals surface area contributed by atoms with E-state index in [1.54, 1.807) is 5.38 Å². The summed E-state index contributed by atoms with van der Waals surface area (Å²) in [6.45, 7) is 3.68. The number of likely N-dealkylation sites (N-methyl/N-ethyl adjacent to an activating group) is 1. The van der Waals surface area contributed by atoms with Gasteiger partial charge in [0.1, 0.15) is 23.9 Å². The summed E-state index contributed by atoms with van der Waals surface area (Å²) in [6, 6.07) is 5.92. The monoisotopic (exact) mass is 405 g/mol. The third-order valence-electron chi connectivity index (χ3n) is 3.59. The van der Waals surface area contributed by atoms with Gasteiger partial charge in [-0.2, -0.15) is 0 Å². The summed E-state index contributed by atoms with van der Waals surface area (Å²) in [4.78, 5) is 16.5. The van der Waals surface area contributed by atoms with Crippen LogP contribution in [0.4, 0.5) is 0 Å². The molecule has 0 saturated carbocycles. The lowest BCUT2D eigenvalue weighted by molar-refractivity contribution is 0.0946. The average molecular weight is 406 g/mol. The molecule has 1 amide bonds. The first-order valence-corrected chi connectivity index (χ1v) is 8.36. The molecular formula is C16H21Cl2N3O3S. The van der Waals surface area contributed by atoms with Gasteiger partial charge < -0.3 is 20.1 Å². The second kappa shape index (κ2) is 9.82. The third kappa shape index (κ3) is 5.22. The van der Waals surface area contributed by atoms with Crippen molar-refractivity contribution >= 4 is 42.1 Å². The Morgan fingerprint density at radius 2 is 2.00 bits per heavy atom. The molecule has 0 saturated heterocycles. The summed E-state index contributed by atoms with van der Waals surface area (Å²) in [5.74, 6) is 1.31. The van der Waals surface area contributed by atoms with Crippen LogP contribution in [0.2, 0.25) is 0 Å². The van der Waals surface area contributed by atoms with Gasteiger partial charge in [-0.05, 0) is 32.2 Å². The molecule has 2 aromatic rings. The summed E-state index contributed by atoms with van der Waals surface area (Å²) >= 11 is 1.44. The van der Waals surface area contributed by atoms with Crippen molar-refractivity contribution in [3.05, 3.63) is 29.3 Å². The number of halogens is 2. The Hall–Kier alpha value is -1.54. The number of hydrogen-bond donors (Lipinski definition) is 2. The standard InChI is InChI=1S/C16H19N3O3S.2ClH/c1-10(17-2)8-18-15(20)12-9-23-16(19-12)11-3-4-13-14(7-11)22-6-5-21-13;;/h3-4,7,9-10,17H,5-6,8H2,1-2H3,(H,18,20);2*1H. The molecule has 25 heavy (non-hydrogen) atoms. The van der Waals surface area contributed by atoms with E-state index < -0.39 is 0 Å². The Morgan fingerprint density at radius 1 is 1.28 bits per heavy atom. The van der Waals surface area contributed by atoms with Gasteiger partial charge >= 0.3 is 0 Å². The molecule has 6 nitrogen and oxygen atoms in total. The van der Waals surface area contributed by atoms with Crippen molar-refractivity contribution in [3.63, 3.8) is 0 Å². The first kappa shape index (κ1) is 21.5. The molecule has 1 aromatic heterocycles. The molecule has 3 rings (SSSR count). The third-order valence-corrected chi connectivity index (χ3v) is 4.48. The number of amides is 1. The van der Waals surface area contributed by atoms with Crippen LogP contribution in [0.15, 0.2) is 23.6 Å². The van der Waals surface area contributed by atoms with E-state index in [2.05, 4.69) is 15.6 Å². The zero-order valence-electron chi connectivity index (χ0n) is 13.9. The molecule has 0 aliphatic carbocycles. The number of fused-ring (bicyclic) bond motifs is 1. The Balaban J connectivity index is 0.00000156. The molecule has 0 fully saturated rings. The second-order valence-corrected chi connectivity index (χ2v) is 6.15. The maximum atomic E-state index is 12.1. The molecule has 1 unspecified atom stereocenters. The van der Waals surface area contributed by atoms with Crippen LogP contribution < -0.4 is 20.1 Å². The number of nitrogens with zero attached hydrogens (tertiary/aromatic N) is 1. The Labute approximate surface area is 163 Å². The van der Waals surface area contributed by atoms with Crippen molar-refractivity contribution < 1.29 is 14.3 Å². The normalized spacial score (nSPS) is 13.2. The first-order chi connectivity index (χ1) is 11.2. The quantitative estimate of drug-likeness (QED) is 0.799. The van der Waals surface area contributed by atoms with Gasteiger partial charge in [-0.25, -0.2) is 4.98 Å². The van der Waals surface area contributed by atoms with Crippen molar-refractivity contribution in [2.45, 2.75) is 13.0 Å².